The van der Waals surface area contributed by atoms with E-state index in [9.17, 15) is 9.90 Å². The van der Waals surface area contributed by atoms with E-state index in [4.69, 9.17) is 10.2 Å². The maximum atomic E-state index is 10.4. The number of β-amino-alcohol motifs (C(OH)–C–C–N with tert-alkyl or cyclic N) is 1. The molecule has 2 unspecified atom stereocenters. The van der Waals surface area contributed by atoms with Gasteiger partial charge in [0.1, 0.15) is 0 Å². The van der Waals surface area contributed by atoms with E-state index in [1.165, 1.54) is 0 Å². The van der Waals surface area contributed by atoms with Crippen molar-refractivity contribution in [3.63, 3.8) is 0 Å². The van der Waals surface area contributed by atoms with E-state index in [0.29, 0.717) is 19.0 Å². The Labute approximate surface area is 95.7 Å². The van der Waals surface area contributed by atoms with Crippen LogP contribution in [0.3, 0.4) is 0 Å². The third-order valence-corrected chi connectivity index (χ3v) is 3.07. The van der Waals surface area contributed by atoms with Crippen molar-refractivity contribution in [2.75, 3.05) is 19.7 Å². The summed E-state index contributed by atoms with van der Waals surface area (Å²) in [6, 6.07) is 0.294. The molecule has 2 atom stereocenters. The number of aliphatic hydroxyl groups excluding tert-OH is 2. The lowest BCUT2D eigenvalue weighted by Gasteiger charge is -2.36. The highest BCUT2D eigenvalue weighted by atomic mass is 16.4. The summed E-state index contributed by atoms with van der Waals surface area (Å²) in [7, 11) is 0. The Kier molecular flexibility index (Phi) is 5.73. The Hall–Kier alpha value is -0.650. The van der Waals surface area contributed by atoms with Crippen LogP contribution in [-0.4, -0.2) is 58.0 Å². The van der Waals surface area contributed by atoms with E-state index in [1.807, 2.05) is 0 Å². The minimum atomic E-state index is -0.969. The van der Waals surface area contributed by atoms with Crippen LogP contribution in [0.1, 0.15) is 32.1 Å². The van der Waals surface area contributed by atoms with Gasteiger partial charge in [0.2, 0.25) is 0 Å². The molecule has 0 saturated carbocycles. The lowest BCUT2D eigenvalue weighted by atomic mass is 9.99. The van der Waals surface area contributed by atoms with E-state index in [2.05, 4.69) is 4.90 Å². The van der Waals surface area contributed by atoms with Gasteiger partial charge in [0.25, 0.3) is 0 Å². The quantitative estimate of drug-likeness (QED) is 0.602. The van der Waals surface area contributed by atoms with Crippen molar-refractivity contribution in [3.05, 3.63) is 0 Å². The Balaban J connectivity index is 2.39. The molecule has 0 spiro atoms. The molecule has 5 nitrogen and oxygen atoms in total. The first-order valence-corrected chi connectivity index (χ1v) is 5.88. The van der Waals surface area contributed by atoms with E-state index < -0.39 is 12.1 Å². The molecule has 0 aliphatic carbocycles. The van der Waals surface area contributed by atoms with Gasteiger partial charge in [-0.25, -0.2) is 0 Å². The summed E-state index contributed by atoms with van der Waals surface area (Å²) in [4.78, 5) is 12.5. The summed E-state index contributed by atoms with van der Waals surface area (Å²) in [6.07, 6.45) is 2.96. The Morgan fingerprint density at radius 1 is 1.44 bits per heavy atom. The minimum Gasteiger partial charge on any atom is -0.481 e. The monoisotopic (exact) mass is 231 g/mol. The number of hydrogen-bond donors (Lipinski definition) is 3. The Morgan fingerprint density at radius 2 is 2.19 bits per heavy atom. The van der Waals surface area contributed by atoms with Gasteiger partial charge in [-0.3, -0.25) is 9.69 Å². The normalized spacial score (nSPS) is 24.2. The minimum absolute atomic E-state index is 0.149. The molecule has 1 aliphatic heterocycles. The number of hydrogen-bond acceptors (Lipinski definition) is 4. The van der Waals surface area contributed by atoms with Gasteiger partial charge < -0.3 is 15.3 Å². The number of piperidine rings is 1. The number of carboxylic acid groups (broad SMARTS) is 1. The molecule has 0 amide bonds. The fourth-order valence-corrected chi connectivity index (χ4v) is 2.31. The molecule has 16 heavy (non-hydrogen) atoms. The number of aliphatic hydroxyl groups is 2. The summed E-state index contributed by atoms with van der Waals surface area (Å²) in [5.41, 5.74) is 0. The van der Waals surface area contributed by atoms with E-state index in [0.717, 1.165) is 25.8 Å². The summed E-state index contributed by atoms with van der Waals surface area (Å²) < 4.78 is 0. The SMILES string of the molecule is O=C(O)CC(O)CN1CCCCC1CCO. The molecule has 0 aromatic heterocycles. The second-order valence-electron chi connectivity index (χ2n) is 4.41. The lowest BCUT2D eigenvalue weighted by molar-refractivity contribution is -0.139. The molecular weight excluding hydrogens is 210 g/mol. The molecule has 0 radical (unpaired) electrons. The van der Waals surface area contributed by atoms with Crippen LogP contribution in [0, 0.1) is 0 Å². The second kappa shape index (κ2) is 6.83. The Bertz CT molecular complexity index is 220. The van der Waals surface area contributed by atoms with Crippen molar-refractivity contribution in [2.24, 2.45) is 0 Å². The van der Waals surface area contributed by atoms with Crippen molar-refractivity contribution in [1.29, 1.82) is 0 Å². The van der Waals surface area contributed by atoms with Crippen molar-refractivity contribution >= 4 is 5.97 Å². The van der Waals surface area contributed by atoms with Gasteiger partial charge in [0.15, 0.2) is 0 Å². The van der Waals surface area contributed by atoms with Crippen molar-refractivity contribution in [1.82, 2.24) is 4.90 Å². The molecular formula is C11H21NO4. The van der Waals surface area contributed by atoms with Crippen molar-refractivity contribution in [2.45, 2.75) is 44.2 Å². The van der Waals surface area contributed by atoms with Crippen molar-refractivity contribution < 1.29 is 20.1 Å². The number of aliphatic carboxylic acids is 1. The standard InChI is InChI=1S/C11H21NO4/c13-6-4-9-3-1-2-5-12(9)8-10(14)7-11(15)16/h9-10,13-14H,1-8H2,(H,15,16). The largest absolute Gasteiger partial charge is 0.481 e. The number of nitrogens with zero attached hydrogens (tertiary/aromatic N) is 1. The first-order chi connectivity index (χ1) is 7.63. The van der Waals surface area contributed by atoms with Crippen LogP contribution in [0.4, 0.5) is 0 Å². The van der Waals surface area contributed by atoms with E-state index in [1.54, 1.807) is 0 Å². The average Bonchev–Trinajstić information content (AvgIpc) is 2.20. The van der Waals surface area contributed by atoms with Crippen LogP contribution in [0.2, 0.25) is 0 Å². The highest BCUT2D eigenvalue weighted by Gasteiger charge is 2.24. The smallest absolute Gasteiger partial charge is 0.306 e. The summed E-state index contributed by atoms with van der Waals surface area (Å²) in [6.45, 7) is 1.44. The summed E-state index contributed by atoms with van der Waals surface area (Å²) >= 11 is 0. The van der Waals surface area contributed by atoms with Crippen LogP contribution in [0.25, 0.3) is 0 Å². The average molecular weight is 231 g/mol. The highest BCUT2D eigenvalue weighted by molar-refractivity contribution is 5.67. The fourth-order valence-electron chi connectivity index (χ4n) is 2.31. The van der Waals surface area contributed by atoms with Gasteiger partial charge in [-0.1, -0.05) is 6.42 Å². The van der Waals surface area contributed by atoms with Crippen LogP contribution in [-0.2, 0) is 4.79 Å². The maximum absolute atomic E-state index is 10.4. The zero-order valence-corrected chi connectivity index (χ0v) is 9.51. The number of rotatable bonds is 6. The molecule has 5 heteroatoms. The van der Waals surface area contributed by atoms with Gasteiger partial charge >= 0.3 is 5.97 Å². The number of carboxylic acids is 1. The molecule has 94 valence electrons. The van der Waals surface area contributed by atoms with Crippen LogP contribution in [0.5, 0.6) is 0 Å². The lowest BCUT2D eigenvalue weighted by Crippen LogP contribution is -2.44. The summed E-state index contributed by atoms with van der Waals surface area (Å²) in [5, 5.41) is 27.1. The molecule has 1 rings (SSSR count). The first kappa shape index (κ1) is 13.4. The zero-order chi connectivity index (χ0) is 12.0. The second-order valence-corrected chi connectivity index (χ2v) is 4.41. The van der Waals surface area contributed by atoms with E-state index in [-0.39, 0.29) is 13.0 Å². The Morgan fingerprint density at radius 3 is 2.81 bits per heavy atom. The van der Waals surface area contributed by atoms with Crippen LogP contribution in [0.15, 0.2) is 0 Å². The summed E-state index contributed by atoms with van der Waals surface area (Å²) in [5.74, 6) is -0.969. The van der Waals surface area contributed by atoms with E-state index >= 15 is 0 Å². The van der Waals surface area contributed by atoms with Gasteiger partial charge in [0.05, 0.1) is 12.5 Å². The van der Waals surface area contributed by atoms with Crippen LogP contribution >= 0.6 is 0 Å². The highest BCUT2D eigenvalue weighted by Crippen LogP contribution is 2.19. The molecule has 1 aliphatic rings. The topological polar surface area (TPSA) is 81.0 Å². The fraction of sp³-hybridized carbons (Fsp3) is 0.909. The molecule has 0 aromatic rings. The van der Waals surface area contributed by atoms with Gasteiger partial charge in [-0.15, -0.1) is 0 Å². The van der Waals surface area contributed by atoms with Gasteiger partial charge in [-0.2, -0.15) is 0 Å². The van der Waals surface area contributed by atoms with Gasteiger partial charge in [0, 0.05) is 19.2 Å². The molecule has 1 heterocycles. The molecule has 3 N–H and O–H groups in total. The van der Waals surface area contributed by atoms with Crippen LogP contribution < -0.4 is 0 Å². The predicted molar refractivity (Wildman–Crippen MR) is 59.2 cm³/mol. The number of carbonyl (C=O) groups is 1. The third-order valence-electron chi connectivity index (χ3n) is 3.07. The number of likely N-dealkylation sites (tertiary alicyclic amines) is 1. The van der Waals surface area contributed by atoms with Crippen molar-refractivity contribution in [3.8, 4) is 0 Å². The van der Waals surface area contributed by atoms with Gasteiger partial charge in [-0.05, 0) is 25.8 Å². The molecule has 0 aromatic carbocycles. The predicted octanol–water partition coefficient (Wildman–Crippen LogP) is 0.0589. The third kappa shape index (κ3) is 4.47. The maximum Gasteiger partial charge on any atom is 0.306 e. The zero-order valence-electron chi connectivity index (χ0n) is 9.51. The first-order valence-electron chi connectivity index (χ1n) is 5.88. The molecule has 1 saturated heterocycles. The molecule has 1 fully saturated rings. The molecule has 0 bridgehead atoms.